The van der Waals surface area contributed by atoms with Crippen molar-refractivity contribution in [1.82, 2.24) is 10.3 Å². The SMILES string of the molecule is CC(C)(C)NCc1ccc(OCCCCC#N)cn1. The molecule has 104 valence electrons. The molecule has 1 aromatic rings. The molecule has 0 amide bonds. The van der Waals surface area contributed by atoms with Gasteiger partial charge in [-0.05, 0) is 45.7 Å². The molecule has 1 aromatic heterocycles. The Morgan fingerprint density at radius 1 is 1.32 bits per heavy atom. The monoisotopic (exact) mass is 261 g/mol. The fourth-order valence-corrected chi connectivity index (χ4v) is 1.45. The Bertz CT molecular complexity index is 401. The zero-order valence-corrected chi connectivity index (χ0v) is 12.1. The summed E-state index contributed by atoms with van der Waals surface area (Å²) in [7, 11) is 0. The van der Waals surface area contributed by atoms with E-state index in [1.165, 1.54) is 0 Å². The Hall–Kier alpha value is -1.60. The number of nitrogens with one attached hydrogen (secondary N) is 1. The second-order valence-corrected chi connectivity index (χ2v) is 5.55. The van der Waals surface area contributed by atoms with Crippen LogP contribution in [0.2, 0.25) is 0 Å². The number of hydrogen-bond donors (Lipinski definition) is 1. The Balaban J connectivity index is 2.29. The summed E-state index contributed by atoms with van der Waals surface area (Å²) in [6.45, 7) is 7.79. The van der Waals surface area contributed by atoms with Crippen molar-refractivity contribution in [3.05, 3.63) is 24.0 Å². The summed E-state index contributed by atoms with van der Waals surface area (Å²) in [5, 5.41) is 11.8. The Kier molecular flexibility index (Phi) is 6.31. The summed E-state index contributed by atoms with van der Waals surface area (Å²) in [5.74, 6) is 0.788. The van der Waals surface area contributed by atoms with E-state index in [1.807, 2.05) is 12.1 Å². The molecule has 0 spiro atoms. The second kappa shape index (κ2) is 7.75. The van der Waals surface area contributed by atoms with Gasteiger partial charge in [-0.25, -0.2) is 0 Å². The first-order chi connectivity index (χ1) is 9.01. The fraction of sp³-hybridized carbons (Fsp3) is 0.600. The predicted octanol–water partition coefficient (Wildman–Crippen LogP) is 3.04. The van der Waals surface area contributed by atoms with Crippen LogP contribution in [0.5, 0.6) is 5.75 Å². The minimum atomic E-state index is 0.0948. The zero-order valence-electron chi connectivity index (χ0n) is 12.1. The number of nitrogens with zero attached hydrogens (tertiary/aromatic N) is 2. The van der Waals surface area contributed by atoms with E-state index in [4.69, 9.17) is 10.00 Å². The molecule has 0 bridgehead atoms. The number of hydrogen-bond acceptors (Lipinski definition) is 4. The molecule has 0 aromatic carbocycles. The molecule has 19 heavy (non-hydrogen) atoms. The molecule has 0 atom stereocenters. The third-order valence-corrected chi connectivity index (χ3v) is 2.55. The molecule has 4 nitrogen and oxygen atoms in total. The molecule has 4 heteroatoms. The predicted molar refractivity (Wildman–Crippen MR) is 75.8 cm³/mol. The van der Waals surface area contributed by atoms with E-state index < -0.39 is 0 Å². The van der Waals surface area contributed by atoms with Gasteiger partial charge in [-0.3, -0.25) is 4.98 Å². The smallest absolute Gasteiger partial charge is 0.137 e. The maximum Gasteiger partial charge on any atom is 0.137 e. The van der Waals surface area contributed by atoms with Crippen molar-refractivity contribution in [1.29, 1.82) is 5.26 Å². The van der Waals surface area contributed by atoms with Crippen LogP contribution in [-0.2, 0) is 6.54 Å². The van der Waals surface area contributed by atoms with Gasteiger partial charge < -0.3 is 10.1 Å². The lowest BCUT2D eigenvalue weighted by Gasteiger charge is -2.20. The lowest BCUT2D eigenvalue weighted by Crippen LogP contribution is -2.35. The summed E-state index contributed by atoms with van der Waals surface area (Å²) >= 11 is 0. The van der Waals surface area contributed by atoms with Crippen molar-refractivity contribution in [3.63, 3.8) is 0 Å². The second-order valence-electron chi connectivity index (χ2n) is 5.55. The topological polar surface area (TPSA) is 57.9 Å². The third kappa shape index (κ3) is 7.43. The van der Waals surface area contributed by atoms with Gasteiger partial charge >= 0.3 is 0 Å². The number of nitriles is 1. The molecule has 1 N–H and O–H groups in total. The van der Waals surface area contributed by atoms with Gasteiger partial charge in [0.15, 0.2) is 0 Å². The van der Waals surface area contributed by atoms with Crippen molar-refractivity contribution in [3.8, 4) is 11.8 Å². The highest BCUT2D eigenvalue weighted by atomic mass is 16.5. The number of unbranched alkanes of at least 4 members (excludes halogenated alkanes) is 2. The van der Waals surface area contributed by atoms with E-state index >= 15 is 0 Å². The van der Waals surface area contributed by atoms with E-state index in [1.54, 1.807) is 6.20 Å². The van der Waals surface area contributed by atoms with Crippen molar-refractivity contribution < 1.29 is 4.74 Å². The van der Waals surface area contributed by atoms with Crippen LogP contribution in [0.4, 0.5) is 0 Å². The third-order valence-electron chi connectivity index (χ3n) is 2.55. The molecular weight excluding hydrogens is 238 g/mol. The highest BCUT2D eigenvalue weighted by Gasteiger charge is 2.08. The lowest BCUT2D eigenvalue weighted by molar-refractivity contribution is 0.306. The lowest BCUT2D eigenvalue weighted by atomic mass is 10.1. The highest BCUT2D eigenvalue weighted by Crippen LogP contribution is 2.11. The minimum absolute atomic E-state index is 0.0948. The van der Waals surface area contributed by atoms with Crippen molar-refractivity contribution in [2.75, 3.05) is 6.61 Å². The summed E-state index contributed by atoms with van der Waals surface area (Å²) in [6.07, 6.45) is 4.14. The molecule has 0 fully saturated rings. The van der Waals surface area contributed by atoms with Crippen molar-refractivity contribution >= 4 is 0 Å². The molecule has 0 aliphatic carbocycles. The Morgan fingerprint density at radius 3 is 2.68 bits per heavy atom. The van der Waals surface area contributed by atoms with Gasteiger partial charge in [0.25, 0.3) is 0 Å². The van der Waals surface area contributed by atoms with E-state index in [-0.39, 0.29) is 5.54 Å². The average Bonchev–Trinajstić information content (AvgIpc) is 2.37. The van der Waals surface area contributed by atoms with Gasteiger partial charge in [0.1, 0.15) is 5.75 Å². The minimum Gasteiger partial charge on any atom is -0.492 e. The number of rotatable bonds is 7. The normalized spacial score (nSPS) is 11.1. The van der Waals surface area contributed by atoms with E-state index in [0.29, 0.717) is 13.0 Å². The quantitative estimate of drug-likeness (QED) is 0.766. The summed E-state index contributed by atoms with van der Waals surface area (Å²) in [4.78, 5) is 4.36. The van der Waals surface area contributed by atoms with Gasteiger partial charge in [-0.2, -0.15) is 5.26 Å². The Morgan fingerprint density at radius 2 is 2.11 bits per heavy atom. The van der Waals surface area contributed by atoms with E-state index in [9.17, 15) is 0 Å². The molecule has 0 radical (unpaired) electrons. The molecule has 1 rings (SSSR count). The van der Waals surface area contributed by atoms with Crippen molar-refractivity contribution in [2.24, 2.45) is 0 Å². The van der Waals surface area contributed by atoms with Crippen LogP contribution < -0.4 is 10.1 Å². The average molecular weight is 261 g/mol. The fourth-order valence-electron chi connectivity index (χ4n) is 1.45. The zero-order chi connectivity index (χ0) is 14.1. The molecule has 0 unspecified atom stereocenters. The first kappa shape index (κ1) is 15.5. The van der Waals surface area contributed by atoms with Gasteiger partial charge in [0.05, 0.1) is 24.6 Å². The largest absolute Gasteiger partial charge is 0.492 e. The van der Waals surface area contributed by atoms with E-state index in [0.717, 1.165) is 30.8 Å². The van der Waals surface area contributed by atoms with Gasteiger partial charge in [0.2, 0.25) is 0 Å². The Labute approximate surface area is 115 Å². The standard InChI is InChI=1S/C15H23N3O/c1-15(2,3)18-11-13-7-8-14(12-17-13)19-10-6-4-5-9-16/h7-8,12,18H,4-6,10-11H2,1-3H3. The van der Waals surface area contributed by atoms with Gasteiger partial charge in [-0.15, -0.1) is 0 Å². The maximum absolute atomic E-state index is 8.41. The van der Waals surface area contributed by atoms with Crippen LogP contribution in [0.3, 0.4) is 0 Å². The molecule has 0 saturated carbocycles. The number of aromatic nitrogens is 1. The summed E-state index contributed by atoms with van der Waals surface area (Å²) in [6, 6.07) is 6.04. The van der Waals surface area contributed by atoms with Crippen LogP contribution in [0.1, 0.15) is 45.7 Å². The molecule has 0 saturated heterocycles. The summed E-state index contributed by atoms with van der Waals surface area (Å²) in [5.41, 5.74) is 1.10. The van der Waals surface area contributed by atoms with Gasteiger partial charge in [0, 0.05) is 18.5 Å². The van der Waals surface area contributed by atoms with Crippen LogP contribution in [0.25, 0.3) is 0 Å². The molecule has 0 aliphatic rings. The van der Waals surface area contributed by atoms with Gasteiger partial charge in [-0.1, -0.05) is 0 Å². The first-order valence-electron chi connectivity index (χ1n) is 6.71. The van der Waals surface area contributed by atoms with Crippen LogP contribution >= 0.6 is 0 Å². The van der Waals surface area contributed by atoms with Crippen LogP contribution in [0.15, 0.2) is 18.3 Å². The molecular formula is C15H23N3O. The van der Waals surface area contributed by atoms with E-state index in [2.05, 4.69) is 37.1 Å². The first-order valence-corrected chi connectivity index (χ1v) is 6.71. The molecule has 1 heterocycles. The summed E-state index contributed by atoms with van der Waals surface area (Å²) < 4.78 is 5.56. The highest BCUT2D eigenvalue weighted by molar-refractivity contribution is 5.19. The maximum atomic E-state index is 8.41. The van der Waals surface area contributed by atoms with Crippen LogP contribution in [-0.4, -0.2) is 17.1 Å². The number of pyridine rings is 1. The van der Waals surface area contributed by atoms with Crippen LogP contribution in [0, 0.1) is 11.3 Å². The van der Waals surface area contributed by atoms with Crippen molar-refractivity contribution in [2.45, 2.75) is 52.1 Å². The molecule has 0 aliphatic heterocycles. The number of ether oxygens (including phenoxy) is 1.